The molecular weight excluding hydrogens is 212 g/mol. The second-order valence-electron chi connectivity index (χ2n) is 5.94. The number of aryl methyl sites for hydroxylation is 1. The van der Waals surface area contributed by atoms with Crippen LogP contribution in [0.1, 0.15) is 50.8 Å². The fourth-order valence-electron chi connectivity index (χ4n) is 2.37. The van der Waals surface area contributed by atoms with Crippen LogP contribution in [0.15, 0.2) is 12.4 Å². The molecule has 0 bridgehead atoms. The lowest BCUT2D eigenvalue weighted by Crippen LogP contribution is -2.21. The molecule has 0 saturated carbocycles. The Kier molecular flexibility index (Phi) is 3.59. The second-order valence-corrected chi connectivity index (χ2v) is 5.94. The number of ether oxygens (including phenoxy) is 1. The van der Waals surface area contributed by atoms with Crippen LogP contribution in [0.4, 0.5) is 0 Å². The number of nitrogens with zero attached hydrogens (tertiary/aromatic N) is 1. The first kappa shape index (κ1) is 12.7. The second kappa shape index (κ2) is 4.83. The highest BCUT2D eigenvalue weighted by Gasteiger charge is 2.18. The lowest BCUT2D eigenvalue weighted by atomic mass is 9.92. The third kappa shape index (κ3) is 3.33. The zero-order valence-electron chi connectivity index (χ0n) is 11.2. The number of aromatic nitrogens is 1. The molecule has 0 aromatic carbocycles. The van der Waals surface area contributed by atoms with E-state index in [1.807, 2.05) is 0 Å². The van der Waals surface area contributed by atoms with E-state index in [1.165, 1.54) is 24.0 Å². The molecule has 0 radical (unpaired) electrons. The molecule has 17 heavy (non-hydrogen) atoms. The highest BCUT2D eigenvalue weighted by atomic mass is 16.5. The summed E-state index contributed by atoms with van der Waals surface area (Å²) >= 11 is 0. The first-order chi connectivity index (χ1) is 7.96. The lowest BCUT2D eigenvalue weighted by Gasteiger charge is -2.19. The molecular formula is C14H24N2O. The fraction of sp³-hybridized carbons (Fsp3) is 0.714. The van der Waals surface area contributed by atoms with E-state index in [0.717, 1.165) is 19.6 Å². The SMILES string of the molecule is CC(C)(C)OCCn1cc2c(c1)C(N)CCC2. The van der Waals surface area contributed by atoms with Crippen LogP contribution in [0, 0.1) is 0 Å². The molecule has 0 amide bonds. The van der Waals surface area contributed by atoms with Gasteiger partial charge in [-0.1, -0.05) is 0 Å². The summed E-state index contributed by atoms with van der Waals surface area (Å²) in [6.45, 7) is 7.93. The van der Waals surface area contributed by atoms with Crippen molar-refractivity contribution < 1.29 is 4.74 Å². The number of rotatable bonds is 3. The minimum atomic E-state index is -0.0524. The van der Waals surface area contributed by atoms with Gasteiger partial charge in [-0.25, -0.2) is 0 Å². The van der Waals surface area contributed by atoms with Gasteiger partial charge in [-0.2, -0.15) is 0 Å². The van der Waals surface area contributed by atoms with Gasteiger partial charge in [-0.15, -0.1) is 0 Å². The van der Waals surface area contributed by atoms with Crippen molar-refractivity contribution in [1.29, 1.82) is 0 Å². The van der Waals surface area contributed by atoms with Crippen molar-refractivity contribution in [3.8, 4) is 0 Å². The summed E-state index contributed by atoms with van der Waals surface area (Å²) < 4.78 is 7.96. The zero-order valence-corrected chi connectivity index (χ0v) is 11.2. The van der Waals surface area contributed by atoms with E-state index < -0.39 is 0 Å². The van der Waals surface area contributed by atoms with Crippen molar-refractivity contribution in [2.75, 3.05) is 6.61 Å². The average molecular weight is 236 g/mol. The summed E-state index contributed by atoms with van der Waals surface area (Å²) in [5.74, 6) is 0. The van der Waals surface area contributed by atoms with Gasteiger partial charge in [0.2, 0.25) is 0 Å². The van der Waals surface area contributed by atoms with Crippen LogP contribution in [0.3, 0.4) is 0 Å². The molecule has 1 aromatic heterocycles. The third-order valence-electron chi connectivity index (χ3n) is 3.24. The normalized spacial score (nSPS) is 20.4. The Balaban J connectivity index is 1.94. The van der Waals surface area contributed by atoms with E-state index >= 15 is 0 Å². The summed E-state index contributed by atoms with van der Waals surface area (Å²) in [6.07, 6.45) is 7.95. The van der Waals surface area contributed by atoms with Gasteiger partial charge in [-0.3, -0.25) is 0 Å². The van der Waals surface area contributed by atoms with Crippen LogP contribution in [-0.4, -0.2) is 16.8 Å². The Morgan fingerprint density at radius 2 is 2.18 bits per heavy atom. The van der Waals surface area contributed by atoms with Gasteiger partial charge in [0.1, 0.15) is 0 Å². The van der Waals surface area contributed by atoms with Gasteiger partial charge in [0.25, 0.3) is 0 Å². The van der Waals surface area contributed by atoms with Gasteiger partial charge in [0, 0.05) is 25.0 Å². The molecule has 1 aliphatic rings. The summed E-state index contributed by atoms with van der Waals surface area (Å²) in [5, 5.41) is 0. The molecule has 1 unspecified atom stereocenters. The van der Waals surface area contributed by atoms with Crippen molar-refractivity contribution in [2.45, 2.75) is 58.2 Å². The van der Waals surface area contributed by atoms with Crippen molar-refractivity contribution in [3.05, 3.63) is 23.5 Å². The topological polar surface area (TPSA) is 40.2 Å². The molecule has 1 aliphatic carbocycles. The molecule has 2 rings (SSSR count). The predicted octanol–water partition coefficient (Wildman–Crippen LogP) is 2.64. The molecule has 0 spiro atoms. The van der Waals surface area contributed by atoms with Crippen LogP contribution in [0.25, 0.3) is 0 Å². The molecule has 1 atom stereocenters. The van der Waals surface area contributed by atoms with E-state index in [2.05, 4.69) is 37.7 Å². The van der Waals surface area contributed by atoms with Gasteiger partial charge in [-0.05, 0) is 51.2 Å². The van der Waals surface area contributed by atoms with Crippen molar-refractivity contribution >= 4 is 0 Å². The van der Waals surface area contributed by atoms with Crippen LogP contribution in [0.2, 0.25) is 0 Å². The molecule has 0 fully saturated rings. The Morgan fingerprint density at radius 3 is 2.82 bits per heavy atom. The first-order valence-corrected chi connectivity index (χ1v) is 6.54. The Bertz CT molecular complexity index is 376. The van der Waals surface area contributed by atoms with E-state index in [1.54, 1.807) is 0 Å². The van der Waals surface area contributed by atoms with Crippen LogP contribution in [0.5, 0.6) is 0 Å². The Labute approximate surface area is 104 Å². The average Bonchev–Trinajstić information content (AvgIpc) is 2.60. The summed E-state index contributed by atoms with van der Waals surface area (Å²) in [5.41, 5.74) is 8.83. The van der Waals surface area contributed by atoms with Crippen LogP contribution >= 0.6 is 0 Å². The van der Waals surface area contributed by atoms with Gasteiger partial charge >= 0.3 is 0 Å². The predicted molar refractivity (Wildman–Crippen MR) is 70.0 cm³/mol. The lowest BCUT2D eigenvalue weighted by molar-refractivity contribution is -0.00680. The molecule has 2 N–H and O–H groups in total. The van der Waals surface area contributed by atoms with Crippen LogP contribution in [-0.2, 0) is 17.7 Å². The summed E-state index contributed by atoms with van der Waals surface area (Å²) in [4.78, 5) is 0. The fourth-order valence-corrected chi connectivity index (χ4v) is 2.37. The summed E-state index contributed by atoms with van der Waals surface area (Å²) in [6, 6.07) is 0.239. The van der Waals surface area contributed by atoms with Crippen molar-refractivity contribution in [1.82, 2.24) is 4.57 Å². The number of hydrogen-bond acceptors (Lipinski definition) is 2. The zero-order chi connectivity index (χ0) is 12.5. The summed E-state index contributed by atoms with van der Waals surface area (Å²) in [7, 11) is 0. The first-order valence-electron chi connectivity index (χ1n) is 6.54. The van der Waals surface area contributed by atoms with E-state index in [0.29, 0.717) is 0 Å². The van der Waals surface area contributed by atoms with Gasteiger partial charge in [0.15, 0.2) is 0 Å². The standard InChI is InChI=1S/C14H24N2O/c1-14(2,3)17-8-7-16-9-11-5-4-6-13(15)12(11)10-16/h9-10,13H,4-8,15H2,1-3H3. The van der Waals surface area contributed by atoms with Gasteiger partial charge in [0.05, 0.1) is 12.2 Å². The minimum absolute atomic E-state index is 0.0524. The largest absolute Gasteiger partial charge is 0.374 e. The third-order valence-corrected chi connectivity index (χ3v) is 3.24. The van der Waals surface area contributed by atoms with Crippen molar-refractivity contribution in [2.24, 2.45) is 5.73 Å². The van der Waals surface area contributed by atoms with E-state index in [4.69, 9.17) is 10.5 Å². The monoisotopic (exact) mass is 236 g/mol. The van der Waals surface area contributed by atoms with E-state index in [-0.39, 0.29) is 11.6 Å². The van der Waals surface area contributed by atoms with Crippen molar-refractivity contribution in [3.63, 3.8) is 0 Å². The molecule has 1 aromatic rings. The molecule has 3 heteroatoms. The Hall–Kier alpha value is -0.800. The highest BCUT2D eigenvalue weighted by Crippen LogP contribution is 2.28. The number of nitrogens with two attached hydrogens (primary N) is 1. The maximum atomic E-state index is 6.11. The number of fused-ring (bicyclic) bond motifs is 1. The molecule has 3 nitrogen and oxygen atoms in total. The minimum Gasteiger partial charge on any atom is -0.374 e. The maximum Gasteiger partial charge on any atom is 0.0652 e. The Morgan fingerprint density at radius 1 is 1.41 bits per heavy atom. The highest BCUT2D eigenvalue weighted by molar-refractivity contribution is 5.29. The quantitative estimate of drug-likeness (QED) is 0.876. The van der Waals surface area contributed by atoms with Crippen LogP contribution < -0.4 is 5.73 Å². The molecule has 0 saturated heterocycles. The van der Waals surface area contributed by atoms with Gasteiger partial charge < -0.3 is 15.0 Å². The number of hydrogen-bond donors (Lipinski definition) is 1. The molecule has 0 aliphatic heterocycles. The molecule has 96 valence electrons. The molecule has 1 heterocycles. The maximum absolute atomic E-state index is 6.11. The van der Waals surface area contributed by atoms with E-state index in [9.17, 15) is 0 Å². The smallest absolute Gasteiger partial charge is 0.0652 e.